The van der Waals surface area contributed by atoms with Crippen molar-refractivity contribution in [2.24, 2.45) is 11.7 Å². The van der Waals surface area contributed by atoms with Crippen molar-refractivity contribution in [2.45, 2.75) is 51.6 Å². The highest BCUT2D eigenvalue weighted by atomic mass is 16.2. The molecule has 148 valence electrons. The Morgan fingerprint density at radius 2 is 1.96 bits per heavy atom. The first-order valence-electron chi connectivity index (χ1n) is 10.1. The molecule has 1 aliphatic carbocycles. The highest BCUT2D eigenvalue weighted by molar-refractivity contribution is 5.76. The monoisotopic (exact) mass is 379 g/mol. The predicted octanol–water partition coefficient (Wildman–Crippen LogP) is 2.83. The number of carbonyl (C=O) groups is 1. The predicted molar refractivity (Wildman–Crippen MR) is 109 cm³/mol. The van der Waals surface area contributed by atoms with Gasteiger partial charge in [-0.25, -0.2) is 9.67 Å². The number of hydrogen-bond donors (Lipinski definition) is 1. The lowest BCUT2D eigenvalue weighted by Crippen LogP contribution is -2.45. The van der Waals surface area contributed by atoms with Crippen LogP contribution in [0.25, 0.3) is 6.08 Å². The summed E-state index contributed by atoms with van der Waals surface area (Å²) in [6.45, 7) is 7.67. The van der Waals surface area contributed by atoms with Crippen LogP contribution in [0.15, 0.2) is 30.3 Å². The summed E-state index contributed by atoms with van der Waals surface area (Å²) in [4.78, 5) is 19.4. The van der Waals surface area contributed by atoms with Gasteiger partial charge in [0.05, 0.1) is 6.04 Å². The van der Waals surface area contributed by atoms with Crippen LogP contribution in [-0.4, -0.2) is 38.7 Å². The molecule has 6 heteroatoms. The summed E-state index contributed by atoms with van der Waals surface area (Å²) in [6.07, 6.45) is 6.48. The number of piperidine rings is 1. The Bertz CT molecular complexity index is 905. The second-order valence-corrected chi connectivity index (χ2v) is 8.40. The first-order chi connectivity index (χ1) is 13.4. The summed E-state index contributed by atoms with van der Waals surface area (Å²) in [5, 5.41) is 4.42. The largest absolute Gasteiger partial charge is 0.341 e. The van der Waals surface area contributed by atoms with Gasteiger partial charge in [0.15, 0.2) is 0 Å². The molecule has 1 aromatic heterocycles. The molecule has 0 saturated carbocycles. The minimum atomic E-state index is -0.223. The first kappa shape index (κ1) is 18.9. The molecule has 2 aromatic rings. The molecule has 1 aromatic carbocycles. The van der Waals surface area contributed by atoms with Crippen molar-refractivity contribution in [3.8, 4) is 0 Å². The maximum absolute atomic E-state index is 12.9. The van der Waals surface area contributed by atoms with Gasteiger partial charge in [-0.15, -0.1) is 0 Å². The number of fused-ring (bicyclic) bond motifs is 2. The summed E-state index contributed by atoms with van der Waals surface area (Å²) in [5.41, 5.74) is 9.07. The van der Waals surface area contributed by atoms with Crippen LogP contribution < -0.4 is 5.73 Å². The number of allylic oxidation sites excluding steroid dienone is 1. The first-order valence-corrected chi connectivity index (χ1v) is 10.1. The average Bonchev–Trinajstić information content (AvgIpc) is 3.23. The zero-order valence-corrected chi connectivity index (χ0v) is 16.9. The van der Waals surface area contributed by atoms with Gasteiger partial charge in [-0.3, -0.25) is 4.79 Å². The molecule has 28 heavy (non-hydrogen) atoms. The number of rotatable bonds is 4. The molecular weight excluding hydrogens is 350 g/mol. The lowest BCUT2D eigenvalue weighted by Gasteiger charge is -2.39. The third-order valence-corrected chi connectivity index (χ3v) is 6.20. The van der Waals surface area contributed by atoms with E-state index in [4.69, 9.17) is 5.73 Å². The van der Waals surface area contributed by atoms with Gasteiger partial charge in [0.2, 0.25) is 5.91 Å². The molecule has 1 atom stereocenters. The van der Waals surface area contributed by atoms with Crippen molar-refractivity contribution < 1.29 is 4.79 Å². The molecule has 2 aliphatic rings. The quantitative estimate of drug-likeness (QED) is 0.886. The third-order valence-electron chi connectivity index (χ3n) is 6.20. The number of nitrogens with zero attached hydrogens (tertiary/aromatic N) is 4. The van der Waals surface area contributed by atoms with E-state index in [1.54, 1.807) is 4.68 Å². The van der Waals surface area contributed by atoms with Gasteiger partial charge < -0.3 is 10.6 Å². The van der Waals surface area contributed by atoms with E-state index in [0.29, 0.717) is 11.6 Å². The number of hydrogen-bond acceptors (Lipinski definition) is 4. The summed E-state index contributed by atoms with van der Waals surface area (Å²) in [7, 11) is 0. The molecule has 0 unspecified atom stereocenters. The topological polar surface area (TPSA) is 77.0 Å². The highest BCUT2D eigenvalue weighted by Crippen LogP contribution is 2.43. The van der Waals surface area contributed by atoms with Crippen molar-refractivity contribution >= 4 is 12.0 Å². The van der Waals surface area contributed by atoms with Crippen LogP contribution >= 0.6 is 0 Å². The number of likely N-dealkylation sites (tertiary alicyclic amines) is 1. The third kappa shape index (κ3) is 3.26. The van der Waals surface area contributed by atoms with E-state index in [1.165, 1.54) is 11.1 Å². The molecular formula is C22H29N5O. The van der Waals surface area contributed by atoms with Crippen LogP contribution in [0, 0.1) is 12.8 Å². The second-order valence-electron chi connectivity index (χ2n) is 8.40. The second kappa shape index (κ2) is 7.17. The number of nitrogens with two attached hydrogens (primary N) is 1. The summed E-state index contributed by atoms with van der Waals surface area (Å²) in [6, 6.07) is 8.37. The fourth-order valence-electron chi connectivity index (χ4n) is 4.39. The molecule has 1 fully saturated rings. The molecule has 1 saturated heterocycles. The lowest BCUT2D eigenvalue weighted by molar-refractivity contribution is -0.133. The van der Waals surface area contributed by atoms with E-state index in [0.717, 1.165) is 25.9 Å². The van der Waals surface area contributed by atoms with Gasteiger partial charge in [0, 0.05) is 18.5 Å². The maximum atomic E-state index is 12.9. The minimum absolute atomic E-state index is 0.0857. The Morgan fingerprint density at radius 3 is 2.68 bits per heavy atom. The van der Waals surface area contributed by atoms with Crippen LogP contribution in [0.5, 0.6) is 0 Å². The van der Waals surface area contributed by atoms with E-state index in [9.17, 15) is 4.79 Å². The fraction of sp³-hybridized carbons (Fsp3) is 0.500. The van der Waals surface area contributed by atoms with E-state index >= 15 is 0 Å². The van der Waals surface area contributed by atoms with Crippen LogP contribution in [0.1, 0.15) is 55.5 Å². The SMILES string of the molecule is Cc1nc([C@@H](N)C(C)C)n(CC(=O)N2CCC3(C=Cc4ccccc43)CC2)n1. The number of carbonyl (C=O) groups excluding carboxylic acids is 1. The standard InChI is InChI=1S/C22H29N5O/c1-15(2)20(23)21-24-16(3)25-27(21)14-19(28)26-12-10-22(11-13-26)9-8-17-6-4-5-7-18(17)22/h4-9,15,20H,10-14,23H2,1-3H3/t20-/m0/s1. The van der Waals surface area contributed by atoms with E-state index in [-0.39, 0.29) is 29.8 Å². The molecule has 1 amide bonds. The van der Waals surface area contributed by atoms with Gasteiger partial charge in [-0.05, 0) is 36.8 Å². The average molecular weight is 380 g/mol. The molecule has 1 aliphatic heterocycles. The molecule has 6 nitrogen and oxygen atoms in total. The molecule has 0 radical (unpaired) electrons. The Balaban J connectivity index is 1.44. The van der Waals surface area contributed by atoms with E-state index in [1.807, 2.05) is 11.8 Å². The maximum Gasteiger partial charge on any atom is 0.244 e. The van der Waals surface area contributed by atoms with Crippen LogP contribution in [0.2, 0.25) is 0 Å². The lowest BCUT2D eigenvalue weighted by atomic mass is 9.74. The molecule has 1 spiro atoms. The number of aromatic nitrogens is 3. The molecule has 2 heterocycles. The van der Waals surface area contributed by atoms with Crippen LogP contribution in [0.4, 0.5) is 0 Å². The zero-order chi connectivity index (χ0) is 19.9. The summed E-state index contributed by atoms with van der Waals surface area (Å²) >= 11 is 0. The van der Waals surface area contributed by atoms with Crippen molar-refractivity contribution in [3.05, 3.63) is 53.1 Å². The molecule has 2 N–H and O–H groups in total. The zero-order valence-electron chi connectivity index (χ0n) is 16.9. The smallest absolute Gasteiger partial charge is 0.244 e. The Labute approximate surface area is 166 Å². The number of benzene rings is 1. The Kier molecular flexibility index (Phi) is 4.83. The van der Waals surface area contributed by atoms with Gasteiger partial charge in [0.25, 0.3) is 0 Å². The Morgan fingerprint density at radius 1 is 1.25 bits per heavy atom. The van der Waals surface area contributed by atoms with Gasteiger partial charge >= 0.3 is 0 Å². The van der Waals surface area contributed by atoms with Crippen molar-refractivity contribution in [1.82, 2.24) is 19.7 Å². The normalized spacial score (nSPS) is 18.7. The molecule has 4 rings (SSSR count). The number of amides is 1. The van der Waals surface area contributed by atoms with Crippen LogP contribution in [0.3, 0.4) is 0 Å². The van der Waals surface area contributed by atoms with Gasteiger partial charge in [-0.1, -0.05) is 50.3 Å². The van der Waals surface area contributed by atoms with Crippen molar-refractivity contribution in [2.75, 3.05) is 13.1 Å². The van der Waals surface area contributed by atoms with Crippen molar-refractivity contribution in [3.63, 3.8) is 0 Å². The number of aryl methyl sites for hydroxylation is 1. The fourth-order valence-corrected chi connectivity index (χ4v) is 4.39. The minimum Gasteiger partial charge on any atom is -0.341 e. The summed E-state index contributed by atoms with van der Waals surface area (Å²) in [5.74, 6) is 1.68. The van der Waals surface area contributed by atoms with E-state index < -0.39 is 0 Å². The van der Waals surface area contributed by atoms with Gasteiger partial charge in [-0.2, -0.15) is 5.10 Å². The van der Waals surface area contributed by atoms with Crippen molar-refractivity contribution in [1.29, 1.82) is 0 Å². The summed E-state index contributed by atoms with van der Waals surface area (Å²) < 4.78 is 1.69. The van der Waals surface area contributed by atoms with Crippen LogP contribution in [-0.2, 0) is 16.8 Å². The van der Waals surface area contributed by atoms with Gasteiger partial charge in [0.1, 0.15) is 18.2 Å². The molecule has 0 bridgehead atoms. The van der Waals surface area contributed by atoms with E-state index in [2.05, 4.69) is 60.3 Å². The highest BCUT2D eigenvalue weighted by Gasteiger charge is 2.39. The Hall–Kier alpha value is -2.47.